The van der Waals surface area contributed by atoms with Crippen molar-refractivity contribution >= 4 is 58.5 Å². The number of amides is 3. The smallest absolute Gasteiger partial charge is 0.272 e. The van der Waals surface area contributed by atoms with Crippen molar-refractivity contribution in [2.75, 3.05) is 10.6 Å². The lowest BCUT2D eigenvalue weighted by Crippen LogP contribution is -2.30. The number of thioether (sulfide) groups is 1. The number of hydrogen-bond acceptors (Lipinski definition) is 6. The van der Waals surface area contributed by atoms with E-state index < -0.39 is 23.0 Å². The van der Waals surface area contributed by atoms with Gasteiger partial charge in [-0.3, -0.25) is 24.0 Å². The minimum absolute atomic E-state index is 0.0350. The lowest BCUT2D eigenvalue weighted by atomic mass is 9.83. The van der Waals surface area contributed by atoms with E-state index in [0.717, 1.165) is 11.1 Å². The van der Waals surface area contributed by atoms with Crippen molar-refractivity contribution < 1.29 is 24.0 Å². The van der Waals surface area contributed by atoms with E-state index in [0.29, 0.717) is 32.8 Å². The van der Waals surface area contributed by atoms with Crippen LogP contribution in [0.1, 0.15) is 58.6 Å². The largest absolute Gasteiger partial charge is 0.324 e. The van der Waals surface area contributed by atoms with Crippen molar-refractivity contribution in [3.8, 4) is 11.1 Å². The predicted molar refractivity (Wildman–Crippen MR) is 232 cm³/mol. The Labute approximate surface area is 345 Å². The number of benzene rings is 7. The second-order valence-corrected chi connectivity index (χ2v) is 14.9. The zero-order valence-corrected chi connectivity index (χ0v) is 32.2. The molecule has 0 radical (unpaired) electrons. The van der Waals surface area contributed by atoms with Crippen LogP contribution in [0.5, 0.6) is 0 Å². The van der Waals surface area contributed by atoms with Crippen molar-refractivity contribution in [2.24, 2.45) is 0 Å². The van der Waals surface area contributed by atoms with E-state index in [1.165, 1.54) is 11.8 Å². The van der Waals surface area contributed by atoms with Gasteiger partial charge < -0.3 is 16.0 Å². The minimum Gasteiger partial charge on any atom is -0.324 e. The van der Waals surface area contributed by atoms with Gasteiger partial charge in [-0.2, -0.15) is 0 Å². The number of anilines is 2. The maximum Gasteiger partial charge on any atom is 0.272 e. The molecule has 7 aromatic carbocycles. The summed E-state index contributed by atoms with van der Waals surface area (Å²) in [5.41, 5.74) is 5.59. The minimum atomic E-state index is -0.792. The van der Waals surface area contributed by atoms with Crippen LogP contribution in [0.2, 0.25) is 0 Å². The molecule has 286 valence electrons. The van der Waals surface area contributed by atoms with Crippen LogP contribution < -0.4 is 16.0 Å². The molecule has 0 heterocycles. The van der Waals surface area contributed by atoms with Crippen LogP contribution in [0.4, 0.5) is 11.4 Å². The van der Waals surface area contributed by atoms with Crippen LogP contribution >= 0.6 is 11.8 Å². The summed E-state index contributed by atoms with van der Waals surface area (Å²) < 4.78 is 0. The first-order valence-electron chi connectivity index (χ1n) is 18.8. The number of rotatable bonds is 11. The molecule has 1 aliphatic carbocycles. The summed E-state index contributed by atoms with van der Waals surface area (Å²) in [6, 6.07) is 54.1. The Morgan fingerprint density at radius 1 is 0.542 bits per heavy atom. The first kappa shape index (κ1) is 38.3. The topological polar surface area (TPSA) is 121 Å². The maximum atomic E-state index is 14.2. The Morgan fingerprint density at radius 2 is 1.14 bits per heavy atom. The average Bonchev–Trinajstić information content (AvgIpc) is 3.28. The molecule has 8 nitrogen and oxygen atoms in total. The summed E-state index contributed by atoms with van der Waals surface area (Å²) in [7, 11) is 0. The highest BCUT2D eigenvalue weighted by atomic mass is 32.2. The Kier molecular flexibility index (Phi) is 11.2. The molecule has 0 fully saturated rings. The molecule has 59 heavy (non-hydrogen) atoms. The van der Waals surface area contributed by atoms with Crippen molar-refractivity contribution in [1.29, 1.82) is 0 Å². The zero-order chi connectivity index (χ0) is 40.7. The number of fused-ring (bicyclic) bond motifs is 2. The molecule has 0 bridgehead atoms. The number of carbonyl (C=O) groups is 5. The number of carbonyl (C=O) groups excluding carboxylic acids is 5. The Balaban J connectivity index is 1.05. The van der Waals surface area contributed by atoms with E-state index in [-0.39, 0.29) is 39.6 Å². The van der Waals surface area contributed by atoms with Crippen molar-refractivity contribution in [2.45, 2.75) is 10.1 Å². The number of hydrogen-bond donors (Lipinski definition) is 3. The molecule has 1 atom stereocenters. The summed E-state index contributed by atoms with van der Waals surface area (Å²) in [5, 5.41) is 7.88. The molecular weight excluding hydrogens is 755 g/mol. The van der Waals surface area contributed by atoms with E-state index in [1.807, 2.05) is 97.1 Å². The van der Waals surface area contributed by atoms with Crippen LogP contribution in [-0.4, -0.2) is 29.3 Å². The monoisotopic (exact) mass is 789 g/mol. The number of ketones is 2. The molecule has 3 amide bonds. The summed E-state index contributed by atoms with van der Waals surface area (Å²) in [6.45, 7) is 0. The van der Waals surface area contributed by atoms with E-state index in [2.05, 4.69) is 16.0 Å². The fourth-order valence-corrected chi connectivity index (χ4v) is 7.92. The average molecular weight is 790 g/mol. The van der Waals surface area contributed by atoms with Crippen LogP contribution in [0, 0.1) is 0 Å². The quantitative estimate of drug-likeness (QED) is 0.0886. The van der Waals surface area contributed by atoms with Gasteiger partial charge in [-0.1, -0.05) is 146 Å². The van der Waals surface area contributed by atoms with E-state index in [9.17, 15) is 24.0 Å². The molecule has 3 N–H and O–H groups in total. The van der Waals surface area contributed by atoms with Gasteiger partial charge in [0.2, 0.25) is 5.91 Å². The third-order valence-electron chi connectivity index (χ3n) is 9.75. The Bertz CT molecular complexity index is 2750. The van der Waals surface area contributed by atoms with Crippen molar-refractivity contribution in [3.63, 3.8) is 0 Å². The SMILES string of the molecule is O=C(Nc1cccc(SC(C(=O)Nc2cccc3c2C(=O)c2ccccc2C3=O)c2ccccc2)c1)/C(=C\c1ccc(-c2ccccc2)cc1)NC(=O)c1ccccc1. The van der Waals surface area contributed by atoms with Crippen LogP contribution in [0.15, 0.2) is 193 Å². The summed E-state index contributed by atoms with van der Waals surface area (Å²) in [4.78, 5) is 69.3. The van der Waals surface area contributed by atoms with Gasteiger partial charge in [0.25, 0.3) is 11.8 Å². The molecule has 0 spiro atoms. The molecule has 8 rings (SSSR count). The molecule has 0 saturated carbocycles. The third kappa shape index (κ3) is 8.56. The van der Waals surface area contributed by atoms with E-state index >= 15 is 0 Å². The summed E-state index contributed by atoms with van der Waals surface area (Å²) in [5.74, 6) is -2.01. The van der Waals surface area contributed by atoms with E-state index in [4.69, 9.17) is 0 Å². The standard InChI is InChI=1S/C50H35N3O5S/c54-45-39-22-10-11-23-40(39)46(55)44-41(45)24-13-25-42(44)52-50(58)47(35-16-6-2-7-17-35)59-38-21-12-20-37(31-38)51-49(57)43(53-48(56)36-18-8-3-9-19-36)30-32-26-28-34(29-27-32)33-14-4-1-5-15-33/h1-31,47H,(H,51,57)(H,52,58)(H,53,56)/b43-30+. The van der Waals surface area contributed by atoms with Gasteiger partial charge in [0.1, 0.15) is 10.9 Å². The fourth-order valence-electron chi connectivity index (χ4n) is 6.84. The highest BCUT2D eigenvalue weighted by molar-refractivity contribution is 8.00. The predicted octanol–water partition coefficient (Wildman–Crippen LogP) is 10.0. The number of nitrogens with one attached hydrogen (secondary N) is 3. The maximum absolute atomic E-state index is 14.2. The molecule has 0 saturated heterocycles. The molecule has 9 heteroatoms. The lowest BCUT2D eigenvalue weighted by Gasteiger charge is -2.22. The van der Waals surface area contributed by atoms with Gasteiger partial charge in [0.15, 0.2) is 11.6 Å². The van der Waals surface area contributed by atoms with Gasteiger partial charge in [-0.15, -0.1) is 11.8 Å². The Morgan fingerprint density at radius 3 is 1.85 bits per heavy atom. The lowest BCUT2D eigenvalue weighted by molar-refractivity contribution is -0.116. The molecule has 1 aliphatic rings. The molecule has 7 aromatic rings. The van der Waals surface area contributed by atoms with Crippen LogP contribution in [0.3, 0.4) is 0 Å². The zero-order valence-electron chi connectivity index (χ0n) is 31.4. The normalized spacial score (nSPS) is 12.4. The summed E-state index contributed by atoms with van der Waals surface area (Å²) >= 11 is 1.26. The first-order chi connectivity index (χ1) is 28.8. The van der Waals surface area contributed by atoms with Crippen LogP contribution in [0.25, 0.3) is 17.2 Å². The van der Waals surface area contributed by atoms with Gasteiger partial charge in [-0.25, -0.2) is 0 Å². The summed E-state index contributed by atoms with van der Waals surface area (Å²) in [6.07, 6.45) is 1.62. The highest BCUT2D eigenvalue weighted by Gasteiger charge is 2.33. The molecule has 0 aromatic heterocycles. The van der Waals surface area contributed by atoms with E-state index in [1.54, 1.807) is 91.0 Å². The van der Waals surface area contributed by atoms with Crippen LogP contribution in [-0.2, 0) is 9.59 Å². The highest BCUT2D eigenvalue weighted by Crippen LogP contribution is 2.39. The molecule has 1 unspecified atom stereocenters. The van der Waals surface area contributed by atoms with Gasteiger partial charge >= 0.3 is 0 Å². The molecule has 0 aliphatic heterocycles. The van der Waals surface area contributed by atoms with Crippen molar-refractivity contribution in [3.05, 3.63) is 227 Å². The molecular formula is C50H35N3O5S. The van der Waals surface area contributed by atoms with Crippen molar-refractivity contribution in [1.82, 2.24) is 5.32 Å². The first-order valence-corrected chi connectivity index (χ1v) is 19.7. The van der Waals surface area contributed by atoms with Gasteiger partial charge in [0, 0.05) is 32.8 Å². The fraction of sp³-hybridized carbons (Fsp3) is 0.0200. The van der Waals surface area contributed by atoms with Gasteiger partial charge in [0.05, 0.1) is 11.3 Å². The third-order valence-corrected chi connectivity index (χ3v) is 11.0. The second kappa shape index (κ2) is 17.3. The second-order valence-electron chi connectivity index (χ2n) is 13.7. The van der Waals surface area contributed by atoms with Gasteiger partial charge in [-0.05, 0) is 64.7 Å². The Hall–Kier alpha value is -7.62.